The van der Waals surface area contributed by atoms with E-state index in [9.17, 15) is 9.59 Å². The van der Waals surface area contributed by atoms with Crippen LogP contribution in [-0.2, 0) is 25.5 Å². The lowest BCUT2D eigenvalue weighted by molar-refractivity contribution is -0.144. The molecule has 0 N–H and O–H groups in total. The fourth-order valence-electron chi connectivity index (χ4n) is 1.67. The minimum atomic E-state index is -0.269. The van der Waals surface area contributed by atoms with Crippen LogP contribution in [0.5, 0.6) is 0 Å². The van der Waals surface area contributed by atoms with Crippen molar-refractivity contribution in [2.75, 3.05) is 13.2 Å². The van der Waals surface area contributed by atoms with Crippen molar-refractivity contribution in [3.8, 4) is 0 Å². The molecule has 0 radical (unpaired) electrons. The number of ether oxygens (including phenoxy) is 2. The molecule has 1 rings (SSSR count). The summed E-state index contributed by atoms with van der Waals surface area (Å²) in [4.78, 5) is 26.6. The highest BCUT2D eigenvalue weighted by molar-refractivity contribution is 5.71. The summed E-state index contributed by atoms with van der Waals surface area (Å²) in [6.45, 7) is 2.59. The predicted octanol–water partition coefficient (Wildman–Crippen LogP) is 2.29. The molecule has 0 unspecified atom stereocenters. The van der Waals surface area contributed by atoms with Gasteiger partial charge in [-0.2, -0.15) is 0 Å². The third-order valence-electron chi connectivity index (χ3n) is 2.65. The number of carbonyl (C=O) groups excluding carboxylic acids is 2. The molecule has 0 fully saturated rings. The molecule has 1 aromatic rings. The van der Waals surface area contributed by atoms with E-state index in [2.05, 4.69) is 4.98 Å². The molecule has 0 saturated carbocycles. The Balaban J connectivity index is 2.01. The summed E-state index contributed by atoms with van der Waals surface area (Å²) in [6.07, 6.45) is 4.64. The van der Waals surface area contributed by atoms with E-state index in [4.69, 9.17) is 9.47 Å². The molecular formula is C15H21NO4. The molecule has 0 aliphatic rings. The molecule has 0 amide bonds. The second kappa shape index (κ2) is 9.95. The zero-order chi connectivity index (χ0) is 14.6. The van der Waals surface area contributed by atoms with Crippen molar-refractivity contribution in [1.29, 1.82) is 0 Å². The number of nitrogens with zero attached hydrogens (tertiary/aromatic N) is 1. The molecule has 20 heavy (non-hydrogen) atoms. The molecule has 5 nitrogen and oxygen atoms in total. The van der Waals surface area contributed by atoms with Gasteiger partial charge in [0.25, 0.3) is 0 Å². The SMILES string of the molecule is CCOC(=O)CCCCCOC(=O)Cc1ccccn1. The van der Waals surface area contributed by atoms with Gasteiger partial charge in [-0.15, -0.1) is 0 Å². The molecular weight excluding hydrogens is 258 g/mol. The van der Waals surface area contributed by atoms with Crippen LogP contribution in [0.25, 0.3) is 0 Å². The Kier molecular flexibility index (Phi) is 8.03. The highest BCUT2D eigenvalue weighted by atomic mass is 16.5. The molecule has 0 saturated heterocycles. The van der Waals surface area contributed by atoms with Crippen molar-refractivity contribution in [2.24, 2.45) is 0 Å². The van der Waals surface area contributed by atoms with Gasteiger partial charge >= 0.3 is 11.9 Å². The summed E-state index contributed by atoms with van der Waals surface area (Å²) in [5.41, 5.74) is 0.708. The minimum Gasteiger partial charge on any atom is -0.466 e. The van der Waals surface area contributed by atoms with Gasteiger partial charge in [0.15, 0.2) is 0 Å². The van der Waals surface area contributed by atoms with Crippen LogP contribution in [0, 0.1) is 0 Å². The Morgan fingerprint density at radius 3 is 2.65 bits per heavy atom. The summed E-state index contributed by atoms with van der Waals surface area (Å²) in [5.74, 6) is -0.436. The fourth-order valence-corrected chi connectivity index (χ4v) is 1.67. The van der Waals surface area contributed by atoms with Crippen LogP contribution >= 0.6 is 0 Å². The number of hydrogen-bond donors (Lipinski definition) is 0. The van der Waals surface area contributed by atoms with Gasteiger partial charge in [0, 0.05) is 12.6 Å². The van der Waals surface area contributed by atoms with Crippen molar-refractivity contribution in [1.82, 2.24) is 4.98 Å². The number of carbonyl (C=O) groups is 2. The Hall–Kier alpha value is -1.91. The highest BCUT2D eigenvalue weighted by Gasteiger charge is 2.05. The van der Waals surface area contributed by atoms with Crippen molar-refractivity contribution in [3.63, 3.8) is 0 Å². The van der Waals surface area contributed by atoms with Crippen molar-refractivity contribution in [2.45, 2.75) is 39.0 Å². The summed E-state index contributed by atoms with van der Waals surface area (Å²) in [7, 11) is 0. The molecule has 0 bridgehead atoms. The Bertz CT molecular complexity index is 406. The first-order valence-corrected chi connectivity index (χ1v) is 6.93. The maximum Gasteiger partial charge on any atom is 0.311 e. The first-order valence-electron chi connectivity index (χ1n) is 6.93. The molecule has 0 aliphatic heterocycles. The molecule has 0 atom stereocenters. The van der Waals surface area contributed by atoms with Crippen LogP contribution in [0.2, 0.25) is 0 Å². The molecule has 5 heteroatoms. The van der Waals surface area contributed by atoms with Gasteiger partial charge < -0.3 is 9.47 Å². The van der Waals surface area contributed by atoms with E-state index in [-0.39, 0.29) is 18.4 Å². The van der Waals surface area contributed by atoms with Crippen molar-refractivity contribution < 1.29 is 19.1 Å². The summed E-state index contributed by atoms with van der Waals surface area (Å²) in [5, 5.41) is 0. The van der Waals surface area contributed by atoms with Gasteiger partial charge in [-0.05, 0) is 38.3 Å². The largest absolute Gasteiger partial charge is 0.466 e. The molecule has 1 heterocycles. The van der Waals surface area contributed by atoms with E-state index in [1.807, 2.05) is 6.07 Å². The summed E-state index contributed by atoms with van der Waals surface area (Å²) in [6, 6.07) is 5.43. The number of unbranched alkanes of at least 4 members (excludes halogenated alkanes) is 2. The van der Waals surface area contributed by atoms with Crippen LogP contribution in [0.1, 0.15) is 38.3 Å². The molecule has 0 aromatic carbocycles. The van der Waals surface area contributed by atoms with Gasteiger partial charge in [-0.1, -0.05) is 6.07 Å². The van der Waals surface area contributed by atoms with E-state index in [0.717, 1.165) is 19.3 Å². The second-order valence-corrected chi connectivity index (χ2v) is 4.33. The van der Waals surface area contributed by atoms with Gasteiger partial charge in [-0.3, -0.25) is 14.6 Å². The quantitative estimate of drug-likeness (QED) is 0.512. The number of esters is 2. The van der Waals surface area contributed by atoms with Crippen LogP contribution < -0.4 is 0 Å². The fraction of sp³-hybridized carbons (Fsp3) is 0.533. The first-order chi connectivity index (χ1) is 9.72. The second-order valence-electron chi connectivity index (χ2n) is 4.33. The number of aromatic nitrogens is 1. The minimum absolute atomic E-state index is 0.167. The van der Waals surface area contributed by atoms with Crippen LogP contribution in [0.4, 0.5) is 0 Å². The van der Waals surface area contributed by atoms with Crippen molar-refractivity contribution >= 4 is 11.9 Å². The Labute approximate surface area is 119 Å². The normalized spacial score (nSPS) is 10.1. The van der Waals surface area contributed by atoms with Gasteiger partial charge in [0.1, 0.15) is 0 Å². The molecule has 0 aliphatic carbocycles. The maximum atomic E-state index is 11.5. The van der Waals surface area contributed by atoms with E-state index >= 15 is 0 Å². The van der Waals surface area contributed by atoms with Crippen molar-refractivity contribution in [3.05, 3.63) is 30.1 Å². The molecule has 110 valence electrons. The van der Waals surface area contributed by atoms with E-state index < -0.39 is 0 Å². The monoisotopic (exact) mass is 279 g/mol. The van der Waals surface area contributed by atoms with Gasteiger partial charge in [-0.25, -0.2) is 0 Å². The number of hydrogen-bond acceptors (Lipinski definition) is 5. The van der Waals surface area contributed by atoms with E-state index in [1.54, 1.807) is 25.3 Å². The highest BCUT2D eigenvalue weighted by Crippen LogP contribution is 2.03. The zero-order valence-corrected chi connectivity index (χ0v) is 11.8. The maximum absolute atomic E-state index is 11.5. The lowest BCUT2D eigenvalue weighted by Crippen LogP contribution is -2.10. The first kappa shape index (κ1) is 16.1. The van der Waals surface area contributed by atoms with E-state index in [0.29, 0.717) is 25.3 Å². The molecule has 1 aromatic heterocycles. The average Bonchev–Trinajstić information content (AvgIpc) is 2.44. The predicted molar refractivity (Wildman–Crippen MR) is 74.0 cm³/mol. The average molecular weight is 279 g/mol. The molecule has 0 spiro atoms. The third kappa shape index (κ3) is 7.51. The Morgan fingerprint density at radius 1 is 1.10 bits per heavy atom. The zero-order valence-electron chi connectivity index (χ0n) is 11.8. The smallest absolute Gasteiger partial charge is 0.311 e. The summed E-state index contributed by atoms with van der Waals surface area (Å²) < 4.78 is 9.93. The van der Waals surface area contributed by atoms with E-state index in [1.165, 1.54) is 0 Å². The summed E-state index contributed by atoms with van der Waals surface area (Å²) >= 11 is 0. The number of rotatable bonds is 9. The van der Waals surface area contributed by atoms with Crippen LogP contribution in [0.15, 0.2) is 24.4 Å². The topological polar surface area (TPSA) is 65.5 Å². The third-order valence-corrected chi connectivity index (χ3v) is 2.65. The standard InChI is InChI=1S/C15H21NO4/c1-2-19-14(17)9-4-3-7-11-20-15(18)12-13-8-5-6-10-16-13/h5-6,8,10H,2-4,7,9,11-12H2,1H3. The lowest BCUT2D eigenvalue weighted by atomic mass is 10.2. The van der Waals surface area contributed by atoms with Gasteiger partial charge in [0.2, 0.25) is 0 Å². The lowest BCUT2D eigenvalue weighted by Gasteiger charge is -2.05. The van der Waals surface area contributed by atoms with Crippen LogP contribution in [-0.4, -0.2) is 30.1 Å². The van der Waals surface area contributed by atoms with Crippen LogP contribution in [0.3, 0.4) is 0 Å². The number of pyridine rings is 1. The Morgan fingerprint density at radius 2 is 1.95 bits per heavy atom. The van der Waals surface area contributed by atoms with Gasteiger partial charge in [0.05, 0.1) is 25.3 Å².